The van der Waals surface area contributed by atoms with Gasteiger partial charge >= 0.3 is 0 Å². The summed E-state index contributed by atoms with van der Waals surface area (Å²) in [6.45, 7) is 2.84. The van der Waals surface area contributed by atoms with Crippen LogP contribution < -0.4 is 0 Å². The molecule has 2 aromatic rings. The van der Waals surface area contributed by atoms with Crippen LogP contribution in [0, 0.1) is 6.92 Å². The van der Waals surface area contributed by atoms with Crippen molar-refractivity contribution in [2.75, 3.05) is 6.54 Å². The molecule has 0 aliphatic carbocycles. The van der Waals surface area contributed by atoms with Gasteiger partial charge < -0.3 is 9.47 Å². The fourth-order valence-electron chi connectivity index (χ4n) is 2.95. The molecule has 1 aliphatic heterocycles. The average Bonchev–Trinajstić information content (AvgIpc) is 3.09. The molecular weight excluding hydrogens is 270 g/mol. The number of carbonyl (C=O) groups is 1. The van der Waals surface area contributed by atoms with E-state index in [4.69, 9.17) is 0 Å². The number of rotatable bonds is 3. The largest absolute Gasteiger partial charge is 0.336 e. The molecular formula is C15H19N3OS. The molecule has 1 amide bonds. The zero-order valence-electron chi connectivity index (χ0n) is 11.9. The van der Waals surface area contributed by atoms with Gasteiger partial charge in [0, 0.05) is 19.8 Å². The van der Waals surface area contributed by atoms with Crippen molar-refractivity contribution in [3.05, 3.63) is 40.1 Å². The number of hydrogen-bond donors (Lipinski definition) is 0. The summed E-state index contributed by atoms with van der Waals surface area (Å²) in [6, 6.07) is 2.17. The second kappa shape index (κ2) is 5.40. The number of thiophene rings is 1. The van der Waals surface area contributed by atoms with Gasteiger partial charge in [-0.2, -0.15) is 11.3 Å². The summed E-state index contributed by atoms with van der Waals surface area (Å²) in [6.07, 6.45) is 4.60. The second-order valence-electron chi connectivity index (χ2n) is 5.40. The number of hydrogen-bond acceptors (Lipinski definition) is 3. The fraction of sp³-hybridized carbons (Fsp3) is 0.467. The van der Waals surface area contributed by atoms with Crippen LogP contribution in [0.2, 0.25) is 0 Å². The molecule has 0 spiro atoms. The third kappa shape index (κ3) is 2.50. The van der Waals surface area contributed by atoms with Crippen molar-refractivity contribution >= 4 is 17.2 Å². The van der Waals surface area contributed by atoms with Crippen molar-refractivity contribution < 1.29 is 4.79 Å². The molecule has 0 unspecified atom stereocenters. The van der Waals surface area contributed by atoms with Crippen molar-refractivity contribution in [2.24, 2.45) is 7.05 Å². The first-order valence-electron chi connectivity index (χ1n) is 6.95. The lowest BCUT2D eigenvalue weighted by Gasteiger charge is -2.24. The van der Waals surface area contributed by atoms with Gasteiger partial charge in [-0.1, -0.05) is 0 Å². The van der Waals surface area contributed by atoms with Crippen molar-refractivity contribution in [3.63, 3.8) is 0 Å². The second-order valence-corrected chi connectivity index (χ2v) is 6.18. The lowest BCUT2D eigenvalue weighted by atomic mass is 10.2. The Morgan fingerprint density at radius 1 is 1.55 bits per heavy atom. The van der Waals surface area contributed by atoms with E-state index in [2.05, 4.69) is 9.55 Å². The highest BCUT2D eigenvalue weighted by Crippen LogP contribution is 2.31. The minimum absolute atomic E-state index is 0.139. The predicted octanol–water partition coefficient (Wildman–Crippen LogP) is 2.70. The Morgan fingerprint density at radius 3 is 3.05 bits per heavy atom. The van der Waals surface area contributed by atoms with Gasteiger partial charge in [-0.25, -0.2) is 4.98 Å². The van der Waals surface area contributed by atoms with Crippen molar-refractivity contribution in [2.45, 2.75) is 32.2 Å². The maximum atomic E-state index is 12.5. The number of nitrogens with zero attached hydrogens (tertiary/aromatic N) is 3. The molecule has 0 aromatic carbocycles. The molecule has 1 atom stereocenters. The van der Waals surface area contributed by atoms with Crippen molar-refractivity contribution in [3.8, 4) is 0 Å². The van der Waals surface area contributed by atoms with E-state index in [0.717, 1.165) is 36.5 Å². The van der Waals surface area contributed by atoms with Gasteiger partial charge in [0.2, 0.25) is 5.91 Å². The summed E-state index contributed by atoms with van der Waals surface area (Å²) in [5.41, 5.74) is 2.13. The maximum Gasteiger partial charge on any atom is 0.227 e. The molecule has 0 bridgehead atoms. The molecule has 1 fully saturated rings. The molecule has 0 radical (unpaired) electrons. The third-order valence-electron chi connectivity index (χ3n) is 3.84. The normalized spacial score (nSPS) is 18.7. The number of likely N-dealkylation sites (tertiary alicyclic amines) is 1. The molecule has 3 rings (SSSR count). The smallest absolute Gasteiger partial charge is 0.227 e. The molecule has 1 saturated heterocycles. The van der Waals surface area contributed by atoms with Gasteiger partial charge in [-0.3, -0.25) is 4.79 Å². The van der Waals surface area contributed by atoms with E-state index in [1.807, 2.05) is 41.9 Å². The van der Waals surface area contributed by atoms with Gasteiger partial charge in [-0.05, 0) is 42.2 Å². The van der Waals surface area contributed by atoms with Crippen LogP contribution in [0.1, 0.15) is 36.0 Å². The molecule has 0 N–H and O–H groups in total. The molecule has 4 nitrogen and oxygen atoms in total. The predicted molar refractivity (Wildman–Crippen MR) is 79.7 cm³/mol. The summed E-state index contributed by atoms with van der Waals surface area (Å²) in [7, 11) is 2.01. The monoisotopic (exact) mass is 289 g/mol. The first-order valence-corrected chi connectivity index (χ1v) is 7.90. The van der Waals surface area contributed by atoms with Gasteiger partial charge in [-0.15, -0.1) is 0 Å². The van der Waals surface area contributed by atoms with Gasteiger partial charge in [0.1, 0.15) is 5.82 Å². The van der Waals surface area contributed by atoms with Gasteiger partial charge in [0.15, 0.2) is 0 Å². The number of carbonyl (C=O) groups excluding carboxylic acids is 1. The van der Waals surface area contributed by atoms with E-state index in [1.54, 1.807) is 11.3 Å². The van der Waals surface area contributed by atoms with Crippen LogP contribution in [-0.2, 0) is 18.3 Å². The quantitative estimate of drug-likeness (QED) is 0.871. The summed E-state index contributed by atoms with van der Waals surface area (Å²) < 4.78 is 2.05. The Balaban J connectivity index is 1.78. The van der Waals surface area contributed by atoms with Crippen LogP contribution in [0.5, 0.6) is 0 Å². The fourth-order valence-corrected chi connectivity index (χ4v) is 3.62. The Morgan fingerprint density at radius 2 is 2.40 bits per heavy atom. The summed E-state index contributed by atoms with van der Waals surface area (Å²) in [5, 5.41) is 4.07. The number of imidazole rings is 1. The van der Waals surface area contributed by atoms with E-state index in [1.165, 1.54) is 0 Å². The topological polar surface area (TPSA) is 38.1 Å². The van der Waals surface area contributed by atoms with Crippen LogP contribution in [-0.4, -0.2) is 26.9 Å². The maximum absolute atomic E-state index is 12.5. The van der Waals surface area contributed by atoms with Crippen LogP contribution in [0.15, 0.2) is 23.0 Å². The minimum Gasteiger partial charge on any atom is -0.336 e. The third-order valence-corrected chi connectivity index (χ3v) is 4.57. The molecule has 3 heterocycles. The first-order chi connectivity index (χ1) is 9.65. The molecule has 0 saturated carbocycles. The Kier molecular flexibility index (Phi) is 3.61. The Hall–Kier alpha value is -1.62. The van der Waals surface area contributed by atoms with E-state index < -0.39 is 0 Å². The first kappa shape index (κ1) is 13.4. The van der Waals surface area contributed by atoms with Gasteiger partial charge in [0.25, 0.3) is 0 Å². The summed E-state index contributed by atoms with van der Waals surface area (Å²) >= 11 is 1.64. The van der Waals surface area contributed by atoms with Gasteiger partial charge in [0.05, 0.1) is 18.2 Å². The van der Waals surface area contributed by atoms with E-state index in [-0.39, 0.29) is 11.9 Å². The van der Waals surface area contributed by atoms with Crippen LogP contribution in [0.25, 0.3) is 0 Å². The zero-order chi connectivity index (χ0) is 14.1. The SMILES string of the molecule is Cc1cn(C)c([C@@H]2CCCN2C(=O)Cc2ccsc2)n1. The average molecular weight is 289 g/mol. The summed E-state index contributed by atoms with van der Waals surface area (Å²) in [4.78, 5) is 19.1. The molecule has 5 heteroatoms. The van der Waals surface area contributed by atoms with E-state index >= 15 is 0 Å². The Labute approximate surface area is 123 Å². The van der Waals surface area contributed by atoms with Crippen LogP contribution >= 0.6 is 11.3 Å². The molecule has 2 aromatic heterocycles. The highest BCUT2D eigenvalue weighted by molar-refractivity contribution is 7.07. The molecule has 106 valence electrons. The van der Waals surface area contributed by atoms with E-state index in [0.29, 0.717) is 6.42 Å². The molecule has 1 aliphatic rings. The highest BCUT2D eigenvalue weighted by atomic mass is 32.1. The van der Waals surface area contributed by atoms with Crippen LogP contribution in [0.3, 0.4) is 0 Å². The zero-order valence-corrected chi connectivity index (χ0v) is 12.7. The highest BCUT2D eigenvalue weighted by Gasteiger charge is 2.32. The standard InChI is InChI=1S/C15H19N3OS/c1-11-9-17(2)15(16-11)13-4-3-6-18(13)14(19)8-12-5-7-20-10-12/h5,7,9-10,13H,3-4,6,8H2,1-2H3/t13-/m0/s1. The van der Waals surface area contributed by atoms with E-state index in [9.17, 15) is 4.79 Å². The molecule has 20 heavy (non-hydrogen) atoms. The lowest BCUT2D eigenvalue weighted by molar-refractivity contribution is -0.131. The Bertz CT molecular complexity index is 603. The number of aryl methyl sites for hydroxylation is 2. The minimum atomic E-state index is 0.139. The number of aromatic nitrogens is 2. The van der Waals surface area contributed by atoms with Crippen molar-refractivity contribution in [1.29, 1.82) is 0 Å². The number of amides is 1. The van der Waals surface area contributed by atoms with Crippen LogP contribution in [0.4, 0.5) is 0 Å². The summed E-state index contributed by atoms with van der Waals surface area (Å²) in [5.74, 6) is 1.23. The lowest BCUT2D eigenvalue weighted by Crippen LogP contribution is -2.32. The van der Waals surface area contributed by atoms with Crippen molar-refractivity contribution in [1.82, 2.24) is 14.5 Å².